The summed E-state index contributed by atoms with van der Waals surface area (Å²) in [7, 11) is 0. The molecule has 12 heavy (non-hydrogen) atoms. The highest BCUT2D eigenvalue weighted by atomic mass is 32.1. The van der Waals surface area contributed by atoms with Crippen molar-refractivity contribution >= 4 is 12.6 Å². The van der Waals surface area contributed by atoms with Gasteiger partial charge in [0.15, 0.2) is 0 Å². The van der Waals surface area contributed by atoms with Gasteiger partial charge < -0.3 is 0 Å². The van der Waals surface area contributed by atoms with Crippen LogP contribution >= 0.6 is 12.6 Å². The quantitative estimate of drug-likeness (QED) is 0.377. The van der Waals surface area contributed by atoms with Gasteiger partial charge in [-0.25, -0.2) is 0 Å². The molecule has 0 nitrogen and oxygen atoms in total. The first-order chi connectivity index (χ1) is 5.62. The molecule has 0 aromatic carbocycles. The standard InChI is InChI=1S/C8H10S.C3H8/c1-4-7(3)6-8(9)5-2;1-3-2/h2,4,6,8-9H,1H2,3H3;3H2,1-2H3/b7-6+;. The Hall–Kier alpha value is -0.610. The van der Waals surface area contributed by atoms with Crippen molar-refractivity contribution in [3.8, 4) is 12.3 Å². The lowest BCUT2D eigenvalue weighted by molar-refractivity contribution is 1.09. The highest BCUT2D eigenvalue weighted by molar-refractivity contribution is 7.81. The summed E-state index contributed by atoms with van der Waals surface area (Å²) in [6.45, 7) is 9.77. The first-order valence-corrected chi connectivity index (χ1v) is 4.59. The third kappa shape index (κ3) is 12.1. The lowest BCUT2D eigenvalue weighted by atomic mass is 10.2. The molecular weight excluding hydrogens is 164 g/mol. The van der Waals surface area contributed by atoms with Crippen molar-refractivity contribution < 1.29 is 0 Å². The average Bonchev–Trinajstić information content (AvgIpc) is 2.05. The van der Waals surface area contributed by atoms with Crippen molar-refractivity contribution in [2.75, 3.05) is 0 Å². The molecule has 0 spiro atoms. The van der Waals surface area contributed by atoms with Gasteiger partial charge in [0, 0.05) is 0 Å². The maximum atomic E-state index is 5.07. The predicted octanol–water partition coefficient (Wildman–Crippen LogP) is 3.47. The normalized spacial score (nSPS) is 12.1. The number of allylic oxidation sites excluding steroid dienone is 2. The van der Waals surface area contributed by atoms with E-state index in [0.717, 1.165) is 5.57 Å². The third-order valence-electron chi connectivity index (χ3n) is 0.913. The number of thiol groups is 1. The fourth-order valence-electron chi connectivity index (χ4n) is 0.365. The fraction of sp³-hybridized carbons (Fsp3) is 0.455. The zero-order valence-corrected chi connectivity index (χ0v) is 9.07. The number of hydrogen-bond donors (Lipinski definition) is 1. The first-order valence-electron chi connectivity index (χ1n) is 4.07. The summed E-state index contributed by atoms with van der Waals surface area (Å²) in [5, 5.41) is -0.0806. The van der Waals surface area contributed by atoms with Gasteiger partial charge in [0.1, 0.15) is 0 Å². The lowest BCUT2D eigenvalue weighted by Gasteiger charge is -1.93. The molecule has 0 aliphatic heterocycles. The van der Waals surface area contributed by atoms with E-state index in [4.69, 9.17) is 6.42 Å². The van der Waals surface area contributed by atoms with Crippen LogP contribution in [0.3, 0.4) is 0 Å². The Labute approximate surface area is 82.2 Å². The van der Waals surface area contributed by atoms with Crippen molar-refractivity contribution in [2.45, 2.75) is 32.4 Å². The minimum Gasteiger partial charge on any atom is -0.159 e. The largest absolute Gasteiger partial charge is 0.159 e. The van der Waals surface area contributed by atoms with Crippen LogP contribution in [-0.4, -0.2) is 5.25 Å². The van der Waals surface area contributed by atoms with Crippen LogP contribution in [0.25, 0.3) is 0 Å². The van der Waals surface area contributed by atoms with E-state index in [9.17, 15) is 0 Å². The van der Waals surface area contributed by atoms with Crippen molar-refractivity contribution in [2.24, 2.45) is 0 Å². The molecule has 0 saturated carbocycles. The molecule has 0 heterocycles. The van der Waals surface area contributed by atoms with Gasteiger partial charge in [0.2, 0.25) is 0 Å². The highest BCUT2D eigenvalue weighted by Crippen LogP contribution is 2.00. The molecule has 0 fully saturated rings. The Balaban J connectivity index is 0. The summed E-state index contributed by atoms with van der Waals surface area (Å²) < 4.78 is 0. The summed E-state index contributed by atoms with van der Waals surface area (Å²) in [5.41, 5.74) is 1.06. The minimum atomic E-state index is -0.0806. The molecule has 0 radical (unpaired) electrons. The Morgan fingerprint density at radius 3 is 2.33 bits per heavy atom. The summed E-state index contributed by atoms with van der Waals surface area (Å²) in [6.07, 6.45) is 9.94. The van der Waals surface area contributed by atoms with E-state index in [0.29, 0.717) is 0 Å². The van der Waals surface area contributed by atoms with Gasteiger partial charge in [-0.05, 0) is 6.92 Å². The van der Waals surface area contributed by atoms with E-state index in [-0.39, 0.29) is 5.25 Å². The van der Waals surface area contributed by atoms with Gasteiger partial charge in [-0.2, -0.15) is 12.6 Å². The molecule has 0 aromatic rings. The Bertz CT molecular complexity index is 172. The molecule has 0 saturated heterocycles. The van der Waals surface area contributed by atoms with Gasteiger partial charge in [0.05, 0.1) is 5.25 Å². The second-order valence-electron chi connectivity index (χ2n) is 2.43. The number of terminal acetylenes is 1. The van der Waals surface area contributed by atoms with Gasteiger partial charge >= 0.3 is 0 Å². The van der Waals surface area contributed by atoms with Crippen LogP contribution in [-0.2, 0) is 0 Å². The topological polar surface area (TPSA) is 0 Å². The number of rotatable bonds is 2. The fourth-order valence-corrected chi connectivity index (χ4v) is 0.600. The molecule has 1 atom stereocenters. The van der Waals surface area contributed by atoms with E-state index >= 15 is 0 Å². The highest BCUT2D eigenvalue weighted by Gasteiger charge is 1.88. The second kappa shape index (κ2) is 10.4. The van der Waals surface area contributed by atoms with Crippen LogP contribution in [0.2, 0.25) is 0 Å². The van der Waals surface area contributed by atoms with Gasteiger partial charge in [-0.1, -0.05) is 50.5 Å². The van der Waals surface area contributed by atoms with Gasteiger partial charge in [-0.15, -0.1) is 6.42 Å². The Kier molecular flexibility index (Phi) is 12.1. The van der Waals surface area contributed by atoms with Crippen LogP contribution in [0.1, 0.15) is 27.2 Å². The SMILES string of the molecule is C#CC(S)/C=C(\C)C=C.CCC. The number of hydrogen-bond acceptors (Lipinski definition) is 1. The molecule has 0 N–H and O–H groups in total. The molecule has 0 bridgehead atoms. The van der Waals surface area contributed by atoms with Crippen LogP contribution in [0, 0.1) is 12.3 Å². The maximum absolute atomic E-state index is 5.07. The molecular formula is C11H18S. The van der Waals surface area contributed by atoms with Crippen molar-refractivity contribution in [1.82, 2.24) is 0 Å². The smallest absolute Gasteiger partial charge is 0.0810 e. The van der Waals surface area contributed by atoms with E-state index in [1.54, 1.807) is 6.08 Å². The Morgan fingerprint density at radius 1 is 1.67 bits per heavy atom. The molecule has 0 aliphatic carbocycles. The third-order valence-corrected chi connectivity index (χ3v) is 1.21. The summed E-state index contributed by atoms with van der Waals surface area (Å²) >= 11 is 4.06. The molecule has 1 heteroatoms. The molecule has 0 amide bonds. The summed E-state index contributed by atoms with van der Waals surface area (Å²) in [6, 6.07) is 0. The summed E-state index contributed by atoms with van der Waals surface area (Å²) in [5.74, 6) is 2.47. The molecule has 1 unspecified atom stereocenters. The maximum Gasteiger partial charge on any atom is 0.0810 e. The van der Waals surface area contributed by atoms with Crippen LogP contribution in [0.4, 0.5) is 0 Å². The van der Waals surface area contributed by atoms with Crippen molar-refractivity contribution in [3.05, 3.63) is 24.3 Å². The molecule has 0 aromatic heterocycles. The minimum absolute atomic E-state index is 0.0806. The zero-order chi connectivity index (χ0) is 9.98. The monoisotopic (exact) mass is 182 g/mol. The van der Waals surface area contributed by atoms with E-state index in [1.807, 2.05) is 13.0 Å². The first kappa shape index (κ1) is 13.9. The van der Waals surface area contributed by atoms with E-state index in [1.165, 1.54) is 6.42 Å². The van der Waals surface area contributed by atoms with Gasteiger partial charge in [0.25, 0.3) is 0 Å². The average molecular weight is 182 g/mol. The Morgan fingerprint density at radius 2 is 2.08 bits per heavy atom. The predicted molar refractivity (Wildman–Crippen MR) is 61.5 cm³/mol. The van der Waals surface area contributed by atoms with Gasteiger partial charge in [-0.3, -0.25) is 0 Å². The molecule has 0 rings (SSSR count). The zero-order valence-electron chi connectivity index (χ0n) is 8.17. The van der Waals surface area contributed by atoms with E-state index in [2.05, 4.69) is 39.0 Å². The molecule has 0 aliphatic rings. The van der Waals surface area contributed by atoms with Crippen LogP contribution in [0.15, 0.2) is 24.3 Å². The lowest BCUT2D eigenvalue weighted by Crippen LogP contribution is -1.86. The molecule has 68 valence electrons. The van der Waals surface area contributed by atoms with E-state index < -0.39 is 0 Å². The second-order valence-corrected chi connectivity index (χ2v) is 2.99. The van der Waals surface area contributed by atoms with Crippen LogP contribution in [0.5, 0.6) is 0 Å². The summed E-state index contributed by atoms with van der Waals surface area (Å²) in [4.78, 5) is 0. The van der Waals surface area contributed by atoms with Crippen molar-refractivity contribution in [1.29, 1.82) is 0 Å². The van der Waals surface area contributed by atoms with Crippen molar-refractivity contribution in [3.63, 3.8) is 0 Å². The van der Waals surface area contributed by atoms with Crippen LogP contribution < -0.4 is 0 Å².